The molecule has 8 nitrogen and oxygen atoms in total. The lowest BCUT2D eigenvalue weighted by molar-refractivity contribution is 0.253. The molecule has 0 radical (unpaired) electrons. The molecule has 0 spiro atoms. The molecule has 1 aliphatic rings. The number of benzene rings is 4. The van der Waals surface area contributed by atoms with Crippen LogP contribution in [0.5, 0.6) is 17.2 Å². The highest BCUT2D eigenvalue weighted by Gasteiger charge is 2.30. The summed E-state index contributed by atoms with van der Waals surface area (Å²) >= 11 is 0. The molecule has 0 bridgehead atoms. The first-order chi connectivity index (χ1) is 23.5. The van der Waals surface area contributed by atoms with Crippen molar-refractivity contribution in [1.29, 1.82) is 0 Å². The number of hydrogen-bond acceptors (Lipinski definition) is 8. The molecule has 8 heteroatoms. The fourth-order valence-corrected chi connectivity index (χ4v) is 7.35. The van der Waals surface area contributed by atoms with E-state index in [0.29, 0.717) is 35.1 Å². The van der Waals surface area contributed by atoms with Crippen molar-refractivity contribution in [3.63, 3.8) is 0 Å². The van der Waals surface area contributed by atoms with Crippen LogP contribution in [0.15, 0.2) is 42.5 Å². The van der Waals surface area contributed by atoms with Gasteiger partial charge in [-0.25, -0.2) is 0 Å². The van der Waals surface area contributed by atoms with E-state index in [1.165, 1.54) is 0 Å². The van der Waals surface area contributed by atoms with E-state index in [1.807, 2.05) is 58.0 Å². The SMILES string of the molecule is Cc1c(Cc2c(CO)c(CO)c(O)c(C3CCCCC3)c2Cc2cc(O)c(CO)c(C)c2C)cc(O)c(CO)c1C.OCc1ccccc1. The van der Waals surface area contributed by atoms with Crippen molar-refractivity contribution in [3.05, 3.63) is 120 Å². The number of aliphatic hydroxyl groups is 5. The van der Waals surface area contributed by atoms with Crippen LogP contribution in [0.2, 0.25) is 0 Å². The summed E-state index contributed by atoms with van der Waals surface area (Å²) in [7, 11) is 0. The summed E-state index contributed by atoms with van der Waals surface area (Å²) in [4.78, 5) is 0. The third-order valence-electron chi connectivity index (χ3n) is 10.6. The predicted octanol–water partition coefficient (Wildman–Crippen LogP) is 6.41. The number of aromatic hydroxyl groups is 3. The Balaban J connectivity index is 0.000000592. The quantitative estimate of drug-likeness (QED) is 0.0958. The van der Waals surface area contributed by atoms with Crippen molar-refractivity contribution >= 4 is 0 Å². The highest BCUT2D eigenvalue weighted by atomic mass is 16.3. The van der Waals surface area contributed by atoms with E-state index in [1.54, 1.807) is 12.1 Å². The Morgan fingerprint density at radius 1 is 0.510 bits per heavy atom. The fourth-order valence-electron chi connectivity index (χ4n) is 7.35. The van der Waals surface area contributed by atoms with E-state index in [2.05, 4.69) is 0 Å². The Bertz CT molecular complexity index is 1740. The van der Waals surface area contributed by atoms with E-state index in [9.17, 15) is 35.7 Å². The molecule has 0 unspecified atom stereocenters. The first kappa shape index (κ1) is 37.9. The van der Waals surface area contributed by atoms with Crippen LogP contribution in [0.4, 0.5) is 0 Å². The molecule has 1 fully saturated rings. The van der Waals surface area contributed by atoms with Gasteiger partial charge in [0.05, 0.1) is 33.0 Å². The van der Waals surface area contributed by atoms with Gasteiger partial charge in [-0.2, -0.15) is 0 Å². The van der Waals surface area contributed by atoms with Crippen molar-refractivity contribution in [2.75, 3.05) is 0 Å². The monoisotopic (exact) mass is 672 g/mol. The lowest BCUT2D eigenvalue weighted by Gasteiger charge is -2.30. The van der Waals surface area contributed by atoms with Gasteiger partial charge in [-0.3, -0.25) is 0 Å². The van der Waals surface area contributed by atoms with E-state index in [4.69, 9.17) is 5.11 Å². The molecule has 5 rings (SSSR count). The number of rotatable bonds is 10. The van der Waals surface area contributed by atoms with Crippen LogP contribution in [0, 0.1) is 27.7 Å². The fraction of sp³-hybridized carbons (Fsp3) is 0.415. The second kappa shape index (κ2) is 17.1. The predicted molar refractivity (Wildman–Crippen MR) is 191 cm³/mol. The third kappa shape index (κ3) is 8.11. The smallest absolute Gasteiger partial charge is 0.125 e. The van der Waals surface area contributed by atoms with Gasteiger partial charge in [-0.05, 0) is 127 Å². The second-order valence-electron chi connectivity index (χ2n) is 13.2. The van der Waals surface area contributed by atoms with E-state index in [-0.39, 0.29) is 49.6 Å². The zero-order chi connectivity index (χ0) is 35.8. The van der Waals surface area contributed by atoms with Crippen LogP contribution < -0.4 is 0 Å². The lowest BCUT2D eigenvalue weighted by Crippen LogP contribution is -2.16. The summed E-state index contributed by atoms with van der Waals surface area (Å²) in [5.41, 5.74) is 10.3. The normalized spacial score (nSPS) is 13.3. The summed E-state index contributed by atoms with van der Waals surface area (Å²) in [6.45, 7) is 6.40. The summed E-state index contributed by atoms with van der Waals surface area (Å²) < 4.78 is 0. The van der Waals surface area contributed by atoms with E-state index >= 15 is 0 Å². The minimum Gasteiger partial charge on any atom is -0.508 e. The van der Waals surface area contributed by atoms with Crippen LogP contribution in [-0.2, 0) is 45.9 Å². The topological polar surface area (TPSA) is 162 Å². The largest absolute Gasteiger partial charge is 0.508 e. The summed E-state index contributed by atoms with van der Waals surface area (Å²) in [6.07, 6.45) is 5.72. The molecule has 8 N–H and O–H groups in total. The van der Waals surface area contributed by atoms with Gasteiger partial charge in [0.25, 0.3) is 0 Å². The molecule has 0 heterocycles. The first-order valence-corrected chi connectivity index (χ1v) is 17.1. The second-order valence-corrected chi connectivity index (χ2v) is 13.2. The molecule has 0 atom stereocenters. The lowest BCUT2D eigenvalue weighted by atomic mass is 9.75. The van der Waals surface area contributed by atoms with Gasteiger partial charge < -0.3 is 40.9 Å². The third-order valence-corrected chi connectivity index (χ3v) is 10.6. The summed E-state index contributed by atoms with van der Waals surface area (Å²) in [5.74, 6) is 0.123. The Morgan fingerprint density at radius 2 is 0.980 bits per heavy atom. The molecular formula is C41H52O8. The van der Waals surface area contributed by atoms with Crippen LogP contribution in [0.1, 0.15) is 116 Å². The first-order valence-electron chi connectivity index (χ1n) is 17.1. The Labute approximate surface area is 289 Å². The van der Waals surface area contributed by atoms with Gasteiger partial charge in [0, 0.05) is 22.3 Å². The molecule has 1 aliphatic carbocycles. The van der Waals surface area contributed by atoms with Crippen molar-refractivity contribution in [2.45, 2.75) is 112 Å². The number of hydrogen-bond donors (Lipinski definition) is 8. The highest BCUT2D eigenvalue weighted by molar-refractivity contribution is 5.61. The van der Waals surface area contributed by atoms with Crippen molar-refractivity contribution < 1.29 is 40.9 Å². The molecule has 0 aliphatic heterocycles. The standard InChI is InChI=1S/C34H44O7.C7H8O/c1-18-20(3)27(14-35)31(39)12-23(18)10-25-26(11-24-13-32(40)28(15-36)21(4)19(24)2)33(22-8-6-5-7-9-22)34(41)30(17-38)29(25)16-37;8-6-7-4-2-1-3-5-7/h12-13,22,35-41H,5-11,14-17H2,1-4H3;1-5,8H,6H2. The molecule has 0 saturated heterocycles. The maximum atomic E-state index is 11.7. The van der Waals surface area contributed by atoms with Gasteiger partial charge in [0.1, 0.15) is 17.2 Å². The molecule has 1 saturated carbocycles. The average Bonchev–Trinajstić information content (AvgIpc) is 3.11. The average molecular weight is 673 g/mol. The van der Waals surface area contributed by atoms with Gasteiger partial charge in [-0.1, -0.05) is 49.6 Å². The maximum Gasteiger partial charge on any atom is 0.125 e. The van der Waals surface area contributed by atoms with Gasteiger partial charge in [-0.15, -0.1) is 0 Å². The maximum absolute atomic E-state index is 11.7. The molecule has 0 amide bonds. The number of aliphatic hydroxyl groups excluding tert-OH is 5. The zero-order valence-electron chi connectivity index (χ0n) is 29.2. The van der Waals surface area contributed by atoms with E-state index in [0.717, 1.165) is 87.7 Å². The van der Waals surface area contributed by atoms with E-state index < -0.39 is 6.61 Å². The van der Waals surface area contributed by atoms with Crippen LogP contribution in [-0.4, -0.2) is 40.9 Å². The highest BCUT2D eigenvalue weighted by Crippen LogP contribution is 2.46. The zero-order valence-corrected chi connectivity index (χ0v) is 29.2. The Kier molecular flexibility index (Phi) is 13.3. The summed E-state index contributed by atoms with van der Waals surface area (Å²) in [6, 6.07) is 12.9. The number of phenols is 3. The molecule has 49 heavy (non-hydrogen) atoms. The Morgan fingerprint density at radius 3 is 1.41 bits per heavy atom. The van der Waals surface area contributed by atoms with Gasteiger partial charge >= 0.3 is 0 Å². The molecule has 4 aromatic rings. The summed E-state index contributed by atoms with van der Waals surface area (Å²) in [5, 5.41) is 82.3. The minimum absolute atomic E-state index is 0.00217. The minimum atomic E-state index is -0.425. The van der Waals surface area contributed by atoms with Crippen molar-refractivity contribution in [2.24, 2.45) is 0 Å². The van der Waals surface area contributed by atoms with Crippen LogP contribution in [0.25, 0.3) is 0 Å². The van der Waals surface area contributed by atoms with Crippen LogP contribution in [0.3, 0.4) is 0 Å². The van der Waals surface area contributed by atoms with Gasteiger partial charge in [0.2, 0.25) is 0 Å². The van der Waals surface area contributed by atoms with Crippen LogP contribution >= 0.6 is 0 Å². The van der Waals surface area contributed by atoms with Crippen molar-refractivity contribution in [1.82, 2.24) is 0 Å². The van der Waals surface area contributed by atoms with Crippen molar-refractivity contribution in [3.8, 4) is 17.2 Å². The molecular weight excluding hydrogens is 620 g/mol. The van der Waals surface area contributed by atoms with Gasteiger partial charge in [0.15, 0.2) is 0 Å². The molecule has 0 aromatic heterocycles. The Hall–Kier alpha value is -3.92. The molecule has 4 aromatic carbocycles. The molecule has 264 valence electrons.